The SMILES string of the molecule is Cc1ccc(-n2cnnc2SCC(=O)NCc2ccccc2OC(F)(F)F)c(C)c1. The lowest BCUT2D eigenvalue weighted by molar-refractivity contribution is -0.274. The summed E-state index contributed by atoms with van der Waals surface area (Å²) in [5.41, 5.74) is 3.31. The number of amides is 1. The van der Waals surface area contributed by atoms with Crippen LogP contribution in [0.4, 0.5) is 13.2 Å². The van der Waals surface area contributed by atoms with Crippen LogP contribution >= 0.6 is 11.8 Å². The van der Waals surface area contributed by atoms with E-state index >= 15 is 0 Å². The van der Waals surface area contributed by atoms with Crippen molar-refractivity contribution in [2.24, 2.45) is 0 Å². The first kappa shape index (κ1) is 21.7. The number of alkyl halides is 3. The fraction of sp³-hybridized carbons (Fsp3) is 0.250. The van der Waals surface area contributed by atoms with Gasteiger partial charge in [-0.15, -0.1) is 23.4 Å². The van der Waals surface area contributed by atoms with Crippen molar-refractivity contribution in [2.45, 2.75) is 31.9 Å². The van der Waals surface area contributed by atoms with Gasteiger partial charge >= 0.3 is 6.36 Å². The molecular formula is C20H19F3N4O2S. The van der Waals surface area contributed by atoms with E-state index in [0.29, 0.717) is 5.16 Å². The van der Waals surface area contributed by atoms with E-state index in [0.717, 1.165) is 16.8 Å². The molecular weight excluding hydrogens is 417 g/mol. The molecule has 3 aromatic rings. The number of rotatable bonds is 7. The van der Waals surface area contributed by atoms with E-state index in [-0.39, 0.29) is 29.5 Å². The Morgan fingerprint density at radius 2 is 1.97 bits per heavy atom. The summed E-state index contributed by atoms with van der Waals surface area (Å²) in [4.78, 5) is 12.2. The zero-order valence-electron chi connectivity index (χ0n) is 16.2. The van der Waals surface area contributed by atoms with Crippen LogP contribution < -0.4 is 10.1 Å². The fourth-order valence-corrected chi connectivity index (χ4v) is 3.56. The maximum atomic E-state index is 12.5. The Morgan fingerprint density at radius 1 is 1.20 bits per heavy atom. The molecule has 0 aliphatic heterocycles. The Bertz CT molecular complexity index is 1040. The van der Waals surface area contributed by atoms with E-state index in [2.05, 4.69) is 20.3 Å². The molecule has 6 nitrogen and oxygen atoms in total. The summed E-state index contributed by atoms with van der Waals surface area (Å²) in [6.45, 7) is 3.89. The predicted molar refractivity (Wildman–Crippen MR) is 107 cm³/mol. The maximum Gasteiger partial charge on any atom is 0.573 e. The van der Waals surface area contributed by atoms with Crippen molar-refractivity contribution in [3.63, 3.8) is 0 Å². The van der Waals surface area contributed by atoms with Crippen LogP contribution in [0.25, 0.3) is 5.69 Å². The third-order valence-corrected chi connectivity index (χ3v) is 5.08. The lowest BCUT2D eigenvalue weighted by atomic mass is 10.1. The molecule has 0 bridgehead atoms. The molecule has 1 N–H and O–H groups in total. The van der Waals surface area contributed by atoms with E-state index in [9.17, 15) is 18.0 Å². The number of aryl methyl sites for hydroxylation is 2. The zero-order valence-corrected chi connectivity index (χ0v) is 17.0. The summed E-state index contributed by atoms with van der Waals surface area (Å²) in [6, 6.07) is 11.6. The van der Waals surface area contributed by atoms with Crippen molar-refractivity contribution in [3.05, 3.63) is 65.5 Å². The van der Waals surface area contributed by atoms with Crippen LogP contribution in [-0.4, -0.2) is 32.8 Å². The number of nitrogens with zero attached hydrogens (tertiary/aromatic N) is 3. The monoisotopic (exact) mass is 436 g/mol. The van der Waals surface area contributed by atoms with Crippen LogP contribution in [0.3, 0.4) is 0 Å². The number of thioether (sulfide) groups is 1. The number of para-hydroxylation sites is 1. The first-order valence-electron chi connectivity index (χ1n) is 8.94. The van der Waals surface area contributed by atoms with E-state index in [1.165, 1.54) is 30.0 Å². The minimum atomic E-state index is -4.80. The van der Waals surface area contributed by atoms with Gasteiger partial charge in [-0.25, -0.2) is 0 Å². The summed E-state index contributed by atoms with van der Waals surface area (Å²) in [7, 11) is 0. The summed E-state index contributed by atoms with van der Waals surface area (Å²) < 4.78 is 43.3. The molecule has 0 unspecified atom stereocenters. The zero-order chi connectivity index (χ0) is 21.7. The summed E-state index contributed by atoms with van der Waals surface area (Å²) in [6.07, 6.45) is -3.23. The topological polar surface area (TPSA) is 69.0 Å². The minimum Gasteiger partial charge on any atom is -0.405 e. The van der Waals surface area contributed by atoms with E-state index < -0.39 is 6.36 Å². The highest BCUT2D eigenvalue weighted by molar-refractivity contribution is 7.99. The van der Waals surface area contributed by atoms with Crippen LogP contribution in [0.15, 0.2) is 53.9 Å². The van der Waals surface area contributed by atoms with Crippen molar-refractivity contribution < 1.29 is 22.7 Å². The standard InChI is InChI=1S/C20H19F3N4O2S/c1-13-7-8-16(14(2)9-13)27-12-25-26-19(27)30-11-18(28)24-10-15-5-3-4-6-17(15)29-20(21,22)23/h3-9,12H,10-11H2,1-2H3,(H,24,28). The highest BCUT2D eigenvalue weighted by Gasteiger charge is 2.32. The highest BCUT2D eigenvalue weighted by atomic mass is 32.2. The molecule has 0 radical (unpaired) electrons. The molecule has 0 aliphatic carbocycles. The second kappa shape index (κ2) is 9.21. The van der Waals surface area contributed by atoms with Crippen molar-refractivity contribution in [1.29, 1.82) is 0 Å². The number of aromatic nitrogens is 3. The highest BCUT2D eigenvalue weighted by Crippen LogP contribution is 2.26. The van der Waals surface area contributed by atoms with Crippen LogP contribution in [-0.2, 0) is 11.3 Å². The van der Waals surface area contributed by atoms with Crippen molar-refractivity contribution in [1.82, 2.24) is 20.1 Å². The van der Waals surface area contributed by atoms with Gasteiger partial charge in [-0.3, -0.25) is 9.36 Å². The molecule has 1 aromatic heterocycles. The molecule has 0 saturated heterocycles. The molecule has 3 rings (SSSR count). The Hall–Kier alpha value is -3.01. The first-order valence-corrected chi connectivity index (χ1v) is 9.92. The normalized spacial score (nSPS) is 11.4. The molecule has 0 atom stereocenters. The Kier molecular flexibility index (Phi) is 6.66. The van der Waals surface area contributed by atoms with Crippen LogP contribution in [0.1, 0.15) is 16.7 Å². The van der Waals surface area contributed by atoms with E-state index in [1.807, 2.05) is 32.0 Å². The number of nitrogens with one attached hydrogen (secondary N) is 1. The largest absolute Gasteiger partial charge is 0.573 e. The Balaban J connectivity index is 1.60. The van der Waals surface area contributed by atoms with Gasteiger partial charge in [-0.05, 0) is 31.5 Å². The van der Waals surface area contributed by atoms with E-state index in [4.69, 9.17) is 0 Å². The lowest BCUT2D eigenvalue weighted by Crippen LogP contribution is -2.26. The molecule has 30 heavy (non-hydrogen) atoms. The van der Waals surface area contributed by atoms with Gasteiger partial charge in [0.2, 0.25) is 5.91 Å². The van der Waals surface area contributed by atoms with Crippen LogP contribution in [0, 0.1) is 13.8 Å². The number of hydrogen-bond acceptors (Lipinski definition) is 5. The van der Waals surface area contributed by atoms with Crippen molar-refractivity contribution in [3.8, 4) is 11.4 Å². The van der Waals surface area contributed by atoms with Crippen molar-refractivity contribution in [2.75, 3.05) is 5.75 Å². The molecule has 1 amide bonds. The van der Waals surface area contributed by atoms with Gasteiger partial charge in [0.1, 0.15) is 12.1 Å². The molecule has 0 fully saturated rings. The Morgan fingerprint density at radius 3 is 2.70 bits per heavy atom. The second-order valence-corrected chi connectivity index (χ2v) is 7.44. The summed E-state index contributed by atoms with van der Waals surface area (Å²) in [5, 5.41) is 11.1. The second-order valence-electron chi connectivity index (χ2n) is 6.49. The maximum absolute atomic E-state index is 12.5. The molecule has 2 aromatic carbocycles. The molecule has 0 saturated carbocycles. The van der Waals surface area contributed by atoms with Gasteiger partial charge < -0.3 is 10.1 Å². The predicted octanol–water partition coefficient (Wildman–Crippen LogP) is 4.19. The third-order valence-electron chi connectivity index (χ3n) is 4.13. The lowest BCUT2D eigenvalue weighted by Gasteiger charge is -2.13. The smallest absolute Gasteiger partial charge is 0.405 e. The molecule has 158 valence electrons. The van der Waals surface area contributed by atoms with Gasteiger partial charge in [-0.2, -0.15) is 0 Å². The molecule has 0 spiro atoms. The number of halogens is 3. The fourth-order valence-electron chi connectivity index (χ4n) is 2.81. The van der Waals surface area contributed by atoms with Gasteiger partial charge in [0.15, 0.2) is 5.16 Å². The van der Waals surface area contributed by atoms with E-state index in [1.54, 1.807) is 17.0 Å². The molecule has 10 heteroatoms. The summed E-state index contributed by atoms with van der Waals surface area (Å²) >= 11 is 1.18. The van der Waals surface area contributed by atoms with Gasteiger partial charge in [0.25, 0.3) is 0 Å². The van der Waals surface area contributed by atoms with Crippen molar-refractivity contribution >= 4 is 17.7 Å². The van der Waals surface area contributed by atoms with Gasteiger partial charge in [-0.1, -0.05) is 47.7 Å². The first-order chi connectivity index (χ1) is 14.2. The average Bonchev–Trinajstić information content (AvgIpc) is 3.13. The van der Waals surface area contributed by atoms with Crippen LogP contribution in [0.5, 0.6) is 5.75 Å². The number of benzene rings is 2. The number of hydrogen-bond donors (Lipinski definition) is 1. The Labute approximate surface area is 175 Å². The number of ether oxygens (including phenoxy) is 1. The number of carbonyl (C=O) groups excluding carboxylic acids is 1. The average molecular weight is 436 g/mol. The van der Waals surface area contributed by atoms with Crippen LogP contribution in [0.2, 0.25) is 0 Å². The summed E-state index contributed by atoms with van der Waals surface area (Å²) in [5.74, 6) is -0.657. The number of carbonyl (C=O) groups is 1. The van der Waals surface area contributed by atoms with Gasteiger partial charge in [0.05, 0.1) is 11.4 Å². The third kappa shape index (κ3) is 5.76. The minimum absolute atomic E-state index is 0.0336. The van der Waals surface area contributed by atoms with Gasteiger partial charge in [0, 0.05) is 12.1 Å². The molecule has 1 heterocycles. The quantitative estimate of drug-likeness (QED) is 0.563. The molecule has 0 aliphatic rings.